The number of amides is 1. The van der Waals surface area contributed by atoms with E-state index in [-0.39, 0.29) is 12.1 Å². The smallest absolute Gasteiger partial charge is 0.278 e. The molecule has 0 saturated carbocycles. The maximum Gasteiger partial charge on any atom is 0.278 e. The van der Waals surface area contributed by atoms with Crippen molar-refractivity contribution in [3.8, 4) is 0 Å². The number of allylic oxidation sites excluding steroid dienone is 1. The molecule has 2 heterocycles. The molecule has 1 amide bonds. The largest absolute Gasteiger partial charge is 0.360 e. The average Bonchev–Trinajstić information content (AvgIpc) is 2.31. The number of fused-ring (bicyclic) bond motifs is 2. The van der Waals surface area contributed by atoms with Crippen LogP contribution >= 0.6 is 11.6 Å². The maximum absolute atomic E-state index is 12.1. The molecule has 0 spiro atoms. The first-order valence-corrected chi connectivity index (χ1v) is 5.25. The molecule has 1 unspecified atom stereocenters. The molecule has 0 aliphatic carbocycles. The minimum atomic E-state index is -0.245. The van der Waals surface area contributed by atoms with Gasteiger partial charge in [-0.05, 0) is 24.3 Å². The molecule has 0 aromatic heterocycles. The fourth-order valence-corrected chi connectivity index (χ4v) is 1.96. The predicted octanol–water partition coefficient (Wildman–Crippen LogP) is 2.00. The van der Waals surface area contributed by atoms with Gasteiger partial charge in [0, 0.05) is 5.69 Å². The first-order valence-electron chi connectivity index (χ1n) is 4.87. The Morgan fingerprint density at radius 3 is 3.06 bits per heavy atom. The molecule has 0 saturated heterocycles. The van der Waals surface area contributed by atoms with E-state index in [9.17, 15) is 4.79 Å². The summed E-state index contributed by atoms with van der Waals surface area (Å²) in [5.41, 5.74) is 1.44. The summed E-state index contributed by atoms with van der Waals surface area (Å²) < 4.78 is 0. The third kappa shape index (κ3) is 1.31. The molecule has 5 heteroatoms. The second-order valence-corrected chi connectivity index (χ2v) is 3.95. The first-order chi connectivity index (χ1) is 7.75. The number of nitrogens with one attached hydrogen (secondary N) is 1. The Balaban J connectivity index is 2.09. The highest BCUT2D eigenvalue weighted by Crippen LogP contribution is 2.27. The van der Waals surface area contributed by atoms with E-state index in [2.05, 4.69) is 10.4 Å². The molecule has 80 valence electrons. The monoisotopic (exact) mass is 233 g/mol. The summed E-state index contributed by atoms with van der Waals surface area (Å²) in [6.07, 6.45) is 3.24. The highest BCUT2D eigenvalue weighted by Gasteiger charge is 2.31. The summed E-state index contributed by atoms with van der Waals surface area (Å²) in [5, 5.41) is 8.87. The molecule has 2 aliphatic rings. The zero-order valence-electron chi connectivity index (χ0n) is 8.22. The second kappa shape index (κ2) is 3.35. The Bertz CT molecular complexity index is 524. The highest BCUT2D eigenvalue weighted by atomic mass is 35.5. The molecule has 16 heavy (non-hydrogen) atoms. The molecule has 0 bridgehead atoms. The Hall–Kier alpha value is -1.81. The number of carbonyl (C=O) groups excluding carboxylic acids is 1. The Labute approximate surface area is 97.2 Å². The van der Waals surface area contributed by atoms with Gasteiger partial charge in [-0.15, -0.1) is 0 Å². The summed E-state index contributed by atoms with van der Waals surface area (Å²) in [5.74, 6) is -0.137. The van der Waals surface area contributed by atoms with Crippen LogP contribution in [0.4, 0.5) is 5.69 Å². The van der Waals surface area contributed by atoms with Gasteiger partial charge in [0.1, 0.15) is 11.3 Å². The van der Waals surface area contributed by atoms with Crippen LogP contribution in [0.5, 0.6) is 0 Å². The number of halogens is 1. The topological polar surface area (TPSA) is 44.7 Å². The van der Waals surface area contributed by atoms with E-state index in [1.807, 2.05) is 24.3 Å². The van der Waals surface area contributed by atoms with Crippen molar-refractivity contribution < 1.29 is 4.79 Å². The van der Waals surface area contributed by atoms with E-state index < -0.39 is 0 Å². The minimum Gasteiger partial charge on any atom is -0.360 e. The molecular formula is C11H8ClN3O. The normalized spacial score (nSPS) is 22.1. The lowest BCUT2D eigenvalue weighted by molar-refractivity contribution is 0.0721. The van der Waals surface area contributed by atoms with Gasteiger partial charge in [0.25, 0.3) is 5.91 Å². The van der Waals surface area contributed by atoms with Crippen LogP contribution in [-0.4, -0.2) is 22.3 Å². The molecule has 1 aromatic rings. The van der Waals surface area contributed by atoms with Crippen molar-refractivity contribution in [2.24, 2.45) is 5.10 Å². The number of carbonyl (C=O) groups is 1. The van der Waals surface area contributed by atoms with Gasteiger partial charge < -0.3 is 5.32 Å². The summed E-state index contributed by atoms with van der Waals surface area (Å²) >= 11 is 5.77. The van der Waals surface area contributed by atoms with Crippen LogP contribution in [0.3, 0.4) is 0 Å². The van der Waals surface area contributed by atoms with Crippen molar-refractivity contribution in [2.45, 2.75) is 6.17 Å². The number of hydrazone groups is 1. The lowest BCUT2D eigenvalue weighted by Crippen LogP contribution is -2.46. The van der Waals surface area contributed by atoms with Crippen LogP contribution in [-0.2, 0) is 0 Å². The quantitative estimate of drug-likeness (QED) is 0.745. The van der Waals surface area contributed by atoms with Gasteiger partial charge in [-0.3, -0.25) is 4.79 Å². The van der Waals surface area contributed by atoms with Crippen LogP contribution in [0.25, 0.3) is 0 Å². The summed E-state index contributed by atoms with van der Waals surface area (Å²) in [7, 11) is 0. The summed E-state index contributed by atoms with van der Waals surface area (Å²) in [6.45, 7) is 0. The van der Waals surface area contributed by atoms with Crippen molar-refractivity contribution in [3.63, 3.8) is 0 Å². The van der Waals surface area contributed by atoms with Crippen molar-refractivity contribution in [2.75, 3.05) is 5.32 Å². The molecule has 3 rings (SSSR count). The average molecular weight is 234 g/mol. The molecule has 0 fully saturated rings. The Morgan fingerprint density at radius 1 is 1.38 bits per heavy atom. The van der Waals surface area contributed by atoms with Crippen molar-refractivity contribution in [1.82, 2.24) is 5.01 Å². The van der Waals surface area contributed by atoms with Crippen LogP contribution in [0.2, 0.25) is 0 Å². The maximum atomic E-state index is 12.1. The molecule has 4 nitrogen and oxygen atoms in total. The van der Waals surface area contributed by atoms with Gasteiger partial charge in [0.2, 0.25) is 0 Å². The molecule has 1 atom stereocenters. The third-order valence-electron chi connectivity index (χ3n) is 2.55. The van der Waals surface area contributed by atoms with Crippen LogP contribution in [0.15, 0.2) is 41.5 Å². The van der Waals surface area contributed by atoms with Crippen LogP contribution in [0.1, 0.15) is 10.4 Å². The van der Waals surface area contributed by atoms with E-state index >= 15 is 0 Å². The number of benzene rings is 1. The highest BCUT2D eigenvalue weighted by molar-refractivity contribution is 6.68. The summed E-state index contributed by atoms with van der Waals surface area (Å²) in [6, 6.07) is 7.35. The third-order valence-corrected chi connectivity index (χ3v) is 2.75. The van der Waals surface area contributed by atoms with E-state index in [1.165, 1.54) is 5.01 Å². The first kappa shape index (κ1) is 9.42. The summed E-state index contributed by atoms with van der Waals surface area (Å²) in [4.78, 5) is 12.1. The lowest BCUT2D eigenvalue weighted by atomic mass is 10.1. The molecule has 1 aromatic carbocycles. The van der Waals surface area contributed by atoms with Crippen LogP contribution in [0, 0.1) is 0 Å². The number of rotatable bonds is 0. The lowest BCUT2D eigenvalue weighted by Gasteiger charge is -2.34. The van der Waals surface area contributed by atoms with Gasteiger partial charge in [0.15, 0.2) is 0 Å². The molecule has 2 aliphatic heterocycles. The number of anilines is 1. The van der Waals surface area contributed by atoms with Gasteiger partial charge in [-0.2, -0.15) is 5.10 Å². The van der Waals surface area contributed by atoms with Crippen LogP contribution < -0.4 is 5.32 Å². The van der Waals surface area contributed by atoms with E-state index in [4.69, 9.17) is 11.6 Å². The van der Waals surface area contributed by atoms with Crippen molar-refractivity contribution in [1.29, 1.82) is 0 Å². The van der Waals surface area contributed by atoms with E-state index in [1.54, 1.807) is 12.1 Å². The number of nitrogens with zero attached hydrogens (tertiary/aromatic N) is 2. The standard InChI is InChI=1S/C11H8ClN3O/c12-9-5-6-10-13-8-4-2-1-3-7(8)11(16)15(10)14-9/h1-6,10,13H. The molecule has 0 radical (unpaired) electrons. The number of hydrogen-bond acceptors (Lipinski definition) is 3. The van der Waals surface area contributed by atoms with Gasteiger partial charge in [-0.25, -0.2) is 5.01 Å². The Morgan fingerprint density at radius 2 is 2.19 bits per heavy atom. The van der Waals surface area contributed by atoms with Crippen molar-refractivity contribution >= 4 is 28.4 Å². The fourth-order valence-electron chi connectivity index (χ4n) is 1.81. The minimum absolute atomic E-state index is 0.137. The number of hydrogen-bond donors (Lipinski definition) is 1. The fraction of sp³-hybridized carbons (Fsp3) is 0.0909. The second-order valence-electron chi connectivity index (χ2n) is 3.57. The molecular weight excluding hydrogens is 226 g/mol. The predicted molar refractivity (Wildman–Crippen MR) is 62.5 cm³/mol. The zero-order chi connectivity index (χ0) is 11.1. The van der Waals surface area contributed by atoms with E-state index in [0.717, 1.165) is 5.69 Å². The van der Waals surface area contributed by atoms with Crippen molar-refractivity contribution in [3.05, 3.63) is 42.0 Å². The SMILES string of the molecule is O=C1c2ccccc2NC2C=CC(Cl)=NN12. The van der Waals surface area contributed by atoms with Gasteiger partial charge >= 0.3 is 0 Å². The zero-order valence-corrected chi connectivity index (χ0v) is 8.98. The Kier molecular flexibility index (Phi) is 1.97. The van der Waals surface area contributed by atoms with E-state index in [0.29, 0.717) is 10.7 Å². The van der Waals surface area contributed by atoms with Gasteiger partial charge in [-0.1, -0.05) is 23.7 Å². The number of para-hydroxylation sites is 1. The van der Waals surface area contributed by atoms with Gasteiger partial charge in [0.05, 0.1) is 5.56 Å². The molecule has 1 N–H and O–H groups in total.